The number of amides is 2. The lowest BCUT2D eigenvalue weighted by Gasteiger charge is -2.34. The maximum atomic E-state index is 12.2. The van der Waals surface area contributed by atoms with Gasteiger partial charge in [-0.2, -0.15) is 0 Å². The van der Waals surface area contributed by atoms with E-state index in [2.05, 4.69) is 15.4 Å². The van der Waals surface area contributed by atoms with E-state index >= 15 is 0 Å². The first-order chi connectivity index (χ1) is 9.65. The average molecular weight is 282 g/mol. The summed E-state index contributed by atoms with van der Waals surface area (Å²) in [6, 6.07) is -0.116. The molecule has 0 aliphatic carbocycles. The minimum atomic E-state index is -0.116. The highest BCUT2D eigenvalue weighted by Gasteiger charge is 2.22. The third-order valence-electron chi connectivity index (χ3n) is 3.58. The summed E-state index contributed by atoms with van der Waals surface area (Å²) in [6.45, 7) is 7.50. The van der Waals surface area contributed by atoms with Crippen LogP contribution in [-0.4, -0.2) is 65.4 Å². The molecule has 0 spiro atoms. The molecule has 1 aromatic rings. The summed E-state index contributed by atoms with van der Waals surface area (Å²) in [7, 11) is 0. The van der Waals surface area contributed by atoms with Crippen LogP contribution < -0.4 is 5.32 Å². The van der Waals surface area contributed by atoms with Gasteiger partial charge in [-0.05, 0) is 13.3 Å². The number of hydrogen-bond donors (Lipinski definition) is 2. The number of piperazine rings is 1. The average Bonchev–Trinajstić information content (AvgIpc) is 2.81. The van der Waals surface area contributed by atoms with Gasteiger partial charge < -0.3 is 19.8 Å². The van der Waals surface area contributed by atoms with E-state index < -0.39 is 0 Å². The second-order valence-electron chi connectivity index (χ2n) is 4.90. The molecule has 0 saturated carbocycles. The fourth-order valence-corrected chi connectivity index (χ4v) is 2.32. The summed E-state index contributed by atoms with van der Waals surface area (Å²) in [4.78, 5) is 16.2. The monoisotopic (exact) mass is 282 g/mol. The van der Waals surface area contributed by atoms with Crippen LogP contribution in [0, 0.1) is 6.92 Å². The van der Waals surface area contributed by atoms with Gasteiger partial charge >= 0.3 is 6.03 Å². The standard InChI is InChI=1S/C13H22N4O3/c1-3-11-12(10(2)20-15-11)14-13(19)17-6-4-16(5-7-17)8-9-18/h18H,3-9H2,1-2H3,(H,14,19). The Morgan fingerprint density at radius 1 is 1.40 bits per heavy atom. The maximum absolute atomic E-state index is 12.2. The molecule has 7 heteroatoms. The van der Waals surface area contributed by atoms with Gasteiger partial charge in [0.25, 0.3) is 0 Å². The molecule has 0 aromatic carbocycles. The molecule has 1 aromatic heterocycles. The van der Waals surface area contributed by atoms with E-state index in [1.807, 2.05) is 6.92 Å². The SMILES string of the molecule is CCc1noc(C)c1NC(=O)N1CCN(CCO)CC1. The lowest BCUT2D eigenvalue weighted by molar-refractivity contribution is 0.127. The molecule has 20 heavy (non-hydrogen) atoms. The normalized spacial score (nSPS) is 16.4. The molecule has 0 radical (unpaired) electrons. The van der Waals surface area contributed by atoms with Gasteiger partial charge in [-0.25, -0.2) is 4.79 Å². The molecule has 1 aliphatic heterocycles. The summed E-state index contributed by atoms with van der Waals surface area (Å²) in [6.07, 6.45) is 0.719. The quantitative estimate of drug-likeness (QED) is 0.849. The van der Waals surface area contributed by atoms with Crippen LogP contribution in [0.5, 0.6) is 0 Å². The number of aliphatic hydroxyl groups excluding tert-OH is 1. The van der Waals surface area contributed by atoms with Gasteiger partial charge in [0, 0.05) is 32.7 Å². The van der Waals surface area contributed by atoms with Crippen LogP contribution >= 0.6 is 0 Å². The van der Waals surface area contributed by atoms with Crippen molar-refractivity contribution < 1.29 is 14.4 Å². The number of aliphatic hydroxyl groups is 1. The number of aromatic nitrogens is 1. The molecule has 1 aliphatic rings. The Hall–Kier alpha value is -1.60. The Labute approximate surface area is 118 Å². The van der Waals surface area contributed by atoms with Crippen molar-refractivity contribution in [2.45, 2.75) is 20.3 Å². The number of urea groups is 1. The Morgan fingerprint density at radius 3 is 2.70 bits per heavy atom. The molecule has 0 bridgehead atoms. The smallest absolute Gasteiger partial charge is 0.322 e. The number of anilines is 1. The fraction of sp³-hybridized carbons (Fsp3) is 0.692. The third kappa shape index (κ3) is 3.29. The maximum Gasteiger partial charge on any atom is 0.322 e. The van der Waals surface area contributed by atoms with Crippen LogP contribution in [0.2, 0.25) is 0 Å². The molecule has 0 unspecified atom stereocenters. The topological polar surface area (TPSA) is 81.8 Å². The molecule has 7 nitrogen and oxygen atoms in total. The van der Waals surface area contributed by atoms with Crippen LogP contribution in [0.15, 0.2) is 4.52 Å². The van der Waals surface area contributed by atoms with Gasteiger partial charge in [-0.1, -0.05) is 12.1 Å². The van der Waals surface area contributed by atoms with Crippen LogP contribution in [0.1, 0.15) is 18.4 Å². The fourth-order valence-electron chi connectivity index (χ4n) is 2.32. The third-order valence-corrected chi connectivity index (χ3v) is 3.58. The van der Waals surface area contributed by atoms with Crippen LogP contribution in [0.3, 0.4) is 0 Å². The largest absolute Gasteiger partial charge is 0.395 e. The Kier molecular flexibility index (Phi) is 4.97. The van der Waals surface area contributed by atoms with Crippen LogP contribution in [0.25, 0.3) is 0 Å². The van der Waals surface area contributed by atoms with Gasteiger partial charge in [0.15, 0.2) is 5.76 Å². The Balaban J connectivity index is 1.91. The van der Waals surface area contributed by atoms with E-state index in [4.69, 9.17) is 9.63 Å². The minimum absolute atomic E-state index is 0.116. The van der Waals surface area contributed by atoms with Gasteiger partial charge in [0.05, 0.1) is 6.61 Å². The predicted octanol–water partition coefficient (Wildman–Crippen LogP) is 0.687. The number of nitrogens with zero attached hydrogens (tertiary/aromatic N) is 3. The first kappa shape index (κ1) is 14.8. The Morgan fingerprint density at radius 2 is 2.10 bits per heavy atom. The zero-order chi connectivity index (χ0) is 14.5. The highest BCUT2D eigenvalue weighted by Crippen LogP contribution is 2.20. The highest BCUT2D eigenvalue weighted by atomic mass is 16.5. The van der Waals surface area contributed by atoms with Crippen molar-refractivity contribution >= 4 is 11.7 Å². The van der Waals surface area contributed by atoms with Gasteiger partial charge in [-0.3, -0.25) is 4.90 Å². The second-order valence-corrected chi connectivity index (χ2v) is 4.90. The molecule has 2 heterocycles. The van der Waals surface area contributed by atoms with Crippen molar-refractivity contribution in [1.29, 1.82) is 0 Å². The van der Waals surface area contributed by atoms with Gasteiger partial charge in [0.2, 0.25) is 0 Å². The molecule has 2 N–H and O–H groups in total. The van der Waals surface area contributed by atoms with E-state index in [1.54, 1.807) is 11.8 Å². The van der Waals surface area contributed by atoms with Crippen molar-refractivity contribution in [3.8, 4) is 0 Å². The van der Waals surface area contributed by atoms with E-state index in [0.717, 1.165) is 25.2 Å². The summed E-state index contributed by atoms with van der Waals surface area (Å²) in [5.41, 5.74) is 1.46. The van der Waals surface area contributed by atoms with E-state index in [1.165, 1.54) is 0 Å². The number of nitrogens with one attached hydrogen (secondary N) is 1. The molecular weight excluding hydrogens is 260 g/mol. The van der Waals surface area contributed by atoms with Crippen molar-refractivity contribution in [3.63, 3.8) is 0 Å². The highest BCUT2D eigenvalue weighted by molar-refractivity contribution is 5.90. The zero-order valence-corrected chi connectivity index (χ0v) is 12.1. The summed E-state index contributed by atoms with van der Waals surface area (Å²) < 4.78 is 5.10. The van der Waals surface area contributed by atoms with Gasteiger partial charge in [-0.15, -0.1) is 0 Å². The van der Waals surface area contributed by atoms with Crippen molar-refractivity contribution in [2.75, 3.05) is 44.6 Å². The Bertz CT molecular complexity index is 452. The number of β-amino-alcohol motifs (C(OH)–C–C–N with tert-alkyl or cyclic N) is 1. The first-order valence-electron chi connectivity index (χ1n) is 7.00. The molecule has 0 atom stereocenters. The number of aryl methyl sites for hydroxylation is 2. The van der Waals surface area contributed by atoms with Crippen molar-refractivity contribution in [3.05, 3.63) is 11.5 Å². The molecule has 2 amide bonds. The van der Waals surface area contributed by atoms with Gasteiger partial charge in [0.1, 0.15) is 11.4 Å². The number of carbonyl (C=O) groups is 1. The predicted molar refractivity (Wildman–Crippen MR) is 74.7 cm³/mol. The lowest BCUT2D eigenvalue weighted by Crippen LogP contribution is -2.50. The lowest BCUT2D eigenvalue weighted by atomic mass is 10.2. The number of carbonyl (C=O) groups excluding carboxylic acids is 1. The van der Waals surface area contributed by atoms with Crippen molar-refractivity contribution in [2.24, 2.45) is 0 Å². The first-order valence-corrected chi connectivity index (χ1v) is 7.00. The molecule has 1 fully saturated rings. The summed E-state index contributed by atoms with van der Waals surface area (Å²) in [5, 5.41) is 15.7. The zero-order valence-electron chi connectivity index (χ0n) is 12.1. The second kappa shape index (κ2) is 6.71. The number of rotatable bonds is 4. The summed E-state index contributed by atoms with van der Waals surface area (Å²) in [5.74, 6) is 0.633. The van der Waals surface area contributed by atoms with Crippen molar-refractivity contribution in [1.82, 2.24) is 15.0 Å². The van der Waals surface area contributed by atoms with E-state index in [-0.39, 0.29) is 12.6 Å². The molecule has 2 rings (SSSR count). The van der Waals surface area contributed by atoms with Crippen LogP contribution in [-0.2, 0) is 6.42 Å². The van der Waals surface area contributed by atoms with E-state index in [9.17, 15) is 4.79 Å². The summed E-state index contributed by atoms with van der Waals surface area (Å²) >= 11 is 0. The number of hydrogen-bond acceptors (Lipinski definition) is 5. The van der Waals surface area contributed by atoms with E-state index in [0.29, 0.717) is 31.1 Å². The molecular formula is C13H22N4O3. The van der Waals surface area contributed by atoms with Crippen LogP contribution in [0.4, 0.5) is 10.5 Å². The molecule has 112 valence electrons. The molecule has 1 saturated heterocycles. The minimum Gasteiger partial charge on any atom is -0.395 e.